The first-order valence-electron chi connectivity index (χ1n) is 5.99. The zero-order valence-corrected chi connectivity index (χ0v) is 12.3. The second kappa shape index (κ2) is 5.97. The molecule has 0 aliphatic carbocycles. The monoisotopic (exact) mass is 284 g/mol. The van der Waals surface area contributed by atoms with Gasteiger partial charge in [-0.05, 0) is 34.9 Å². The van der Waals surface area contributed by atoms with Crippen LogP contribution in [0, 0.1) is 17.0 Å². The van der Waals surface area contributed by atoms with Crippen molar-refractivity contribution in [1.82, 2.24) is 14.9 Å². The van der Waals surface area contributed by atoms with E-state index in [0.29, 0.717) is 0 Å². The summed E-state index contributed by atoms with van der Waals surface area (Å²) in [6.45, 7) is 5.65. The molecule has 0 amide bonds. The minimum absolute atomic E-state index is 0.0748. The number of hydrazine groups is 1. The molecule has 0 atom stereocenters. The number of nitrogens with zero attached hydrogens (tertiary/aromatic N) is 4. The third-order valence-electron chi connectivity index (χ3n) is 3.11. The van der Waals surface area contributed by atoms with Crippen molar-refractivity contribution in [3.63, 3.8) is 0 Å². The fourth-order valence-electron chi connectivity index (χ4n) is 1.29. The zero-order chi connectivity index (χ0) is 15.5. The van der Waals surface area contributed by atoms with E-state index in [0.717, 1.165) is 0 Å². The number of nitrogen functional groups attached to an aromatic ring is 1. The number of nitrogens with one attached hydrogen (secondary N) is 1. The van der Waals surface area contributed by atoms with Gasteiger partial charge in [-0.3, -0.25) is 15.5 Å². The predicted octanol–water partition coefficient (Wildman–Crippen LogP) is 0.698. The Morgan fingerprint density at radius 1 is 1.45 bits per heavy atom. The maximum atomic E-state index is 11.1. The van der Waals surface area contributed by atoms with E-state index in [9.17, 15) is 10.1 Å². The number of aromatic nitrogens is 2. The van der Waals surface area contributed by atoms with Crippen LogP contribution in [-0.2, 0) is 0 Å². The van der Waals surface area contributed by atoms with Crippen LogP contribution in [0.4, 0.5) is 11.6 Å². The summed E-state index contributed by atoms with van der Waals surface area (Å²) in [5.41, 5.74) is 1.90. The van der Waals surface area contributed by atoms with Gasteiger partial charge in [0.15, 0.2) is 0 Å². The molecule has 0 saturated heterocycles. The molecule has 3 N–H and O–H groups in total. The molecule has 1 aromatic heterocycles. The van der Waals surface area contributed by atoms with Gasteiger partial charge in [-0.1, -0.05) is 0 Å². The number of rotatable bonds is 6. The lowest BCUT2D eigenvalue weighted by Gasteiger charge is -2.31. The first kappa shape index (κ1) is 16.1. The second-order valence-corrected chi connectivity index (χ2v) is 5.18. The van der Waals surface area contributed by atoms with E-state index in [4.69, 9.17) is 10.6 Å². The number of nitrogens with two attached hydrogens (primary N) is 1. The van der Waals surface area contributed by atoms with E-state index in [-0.39, 0.29) is 35.4 Å². The number of hydrogen-bond acceptors (Lipinski definition) is 8. The molecule has 112 valence electrons. The Labute approximate surface area is 117 Å². The average molecular weight is 284 g/mol. The topological polar surface area (TPSA) is 119 Å². The molecule has 1 aromatic rings. The summed E-state index contributed by atoms with van der Waals surface area (Å²) < 4.78 is 5.52. The smallest absolute Gasteiger partial charge is 0.352 e. The molecule has 1 rings (SSSR count). The minimum atomic E-state index is -0.562. The van der Waals surface area contributed by atoms with Gasteiger partial charge in [-0.25, -0.2) is 10.8 Å². The Hall–Kier alpha value is -2.00. The zero-order valence-electron chi connectivity index (χ0n) is 12.3. The maximum Gasteiger partial charge on any atom is 0.352 e. The molecule has 0 aromatic carbocycles. The lowest BCUT2D eigenvalue weighted by atomic mass is 10.1. The number of nitro groups is 1. The SMILES string of the molecule is Cc1nc(NN)nc(OCC(C)(C)N(C)C)c1[N+](=O)[O-]. The van der Waals surface area contributed by atoms with Crippen LogP contribution >= 0.6 is 0 Å². The van der Waals surface area contributed by atoms with Gasteiger partial charge in [0.1, 0.15) is 12.3 Å². The van der Waals surface area contributed by atoms with Crippen LogP contribution in [0.1, 0.15) is 19.5 Å². The quantitative estimate of drug-likeness (QED) is 0.445. The van der Waals surface area contributed by atoms with E-state index >= 15 is 0 Å². The summed E-state index contributed by atoms with van der Waals surface area (Å²) in [6.07, 6.45) is 0. The predicted molar refractivity (Wildman–Crippen MR) is 74.5 cm³/mol. The van der Waals surface area contributed by atoms with Crippen LogP contribution in [0.3, 0.4) is 0 Å². The molecule has 20 heavy (non-hydrogen) atoms. The van der Waals surface area contributed by atoms with E-state index in [1.54, 1.807) is 0 Å². The molecule has 0 spiro atoms. The van der Waals surface area contributed by atoms with E-state index < -0.39 is 4.92 Å². The van der Waals surface area contributed by atoms with Crippen molar-refractivity contribution >= 4 is 11.6 Å². The normalized spacial score (nSPS) is 11.6. The van der Waals surface area contributed by atoms with Gasteiger partial charge in [-0.15, -0.1) is 0 Å². The van der Waals surface area contributed by atoms with Gasteiger partial charge < -0.3 is 9.64 Å². The Kier molecular flexibility index (Phi) is 4.79. The second-order valence-electron chi connectivity index (χ2n) is 5.18. The summed E-state index contributed by atoms with van der Waals surface area (Å²) in [7, 11) is 3.80. The number of likely N-dealkylation sites (N-methyl/N-ethyl adjacent to an activating group) is 1. The van der Waals surface area contributed by atoms with Crippen molar-refractivity contribution in [2.75, 3.05) is 26.1 Å². The maximum absolute atomic E-state index is 11.1. The third-order valence-corrected chi connectivity index (χ3v) is 3.11. The number of anilines is 1. The molecule has 0 saturated carbocycles. The van der Waals surface area contributed by atoms with Gasteiger partial charge in [0.05, 0.1) is 4.92 Å². The Morgan fingerprint density at radius 3 is 2.50 bits per heavy atom. The van der Waals surface area contributed by atoms with E-state index in [1.165, 1.54) is 6.92 Å². The Bertz CT molecular complexity index is 503. The molecule has 0 fully saturated rings. The van der Waals surface area contributed by atoms with Gasteiger partial charge in [0.2, 0.25) is 5.95 Å². The molecule has 1 heterocycles. The van der Waals surface area contributed by atoms with Crippen LogP contribution in [0.25, 0.3) is 0 Å². The summed E-state index contributed by atoms with van der Waals surface area (Å²) in [6, 6.07) is 0. The van der Waals surface area contributed by atoms with Crippen LogP contribution in [-0.4, -0.2) is 46.0 Å². The van der Waals surface area contributed by atoms with Crippen molar-refractivity contribution in [3.8, 4) is 5.88 Å². The Balaban J connectivity index is 3.10. The molecule has 0 aliphatic rings. The highest BCUT2D eigenvalue weighted by Gasteiger charge is 2.27. The van der Waals surface area contributed by atoms with Crippen molar-refractivity contribution in [2.24, 2.45) is 5.84 Å². The van der Waals surface area contributed by atoms with Crippen molar-refractivity contribution in [1.29, 1.82) is 0 Å². The largest absolute Gasteiger partial charge is 0.471 e. The summed E-state index contributed by atoms with van der Waals surface area (Å²) >= 11 is 0. The Morgan fingerprint density at radius 2 is 2.05 bits per heavy atom. The number of aryl methyl sites for hydroxylation is 1. The molecule has 0 unspecified atom stereocenters. The lowest BCUT2D eigenvalue weighted by molar-refractivity contribution is -0.387. The van der Waals surface area contributed by atoms with Crippen LogP contribution in [0.15, 0.2) is 0 Å². The molecule has 0 bridgehead atoms. The number of ether oxygens (including phenoxy) is 1. The highest BCUT2D eigenvalue weighted by atomic mass is 16.6. The highest BCUT2D eigenvalue weighted by Crippen LogP contribution is 2.29. The van der Waals surface area contributed by atoms with Crippen LogP contribution < -0.4 is 16.0 Å². The molecule has 9 heteroatoms. The average Bonchev–Trinajstić information content (AvgIpc) is 2.34. The molecule has 0 aliphatic heterocycles. The lowest BCUT2D eigenvalue weighted by Crippen LogP contribution is -2.43. The van der Waals surface area contributed by atoms with Gasteiger partial charge >= 0.3 is 5.69 Å². The summed E-state index contributed by atoms with van der Waals surface area (Å²) in [5, 5.41) is 11.1. The summed E-state index contributed by atoms with van der Waals surface area (Å²) in [4.78, 5) is 20.3. The van der Waals surface area contributed by atoms with Crippen molar-refractivity contribution in [3.05, 3.63) is 15.8 Å². The molecular formula is C11H20N6O3. The third kappa shape index (κ3) is 3.52. The fraction of sp³-hybridized carbons (Fsp3) is 0.636. The van der Waals surface area contributed by atoms with Crippen molar-refractivity contribution in [2.45, 2.75) is 26.3 Å². The van der Waals surface area contributed by atoms with Gasteiger partial charge in [0, 0.05) is 5.54 Å². The van der Waals surface area contributed by atoms with Gasteiger partial charge in [0.25, 0.3) is 5.88 Å². The van der Waals surface area contributed by atoms with E-state index in [1.807, 2.05) is 32.8 Å². The molecule has 0 radical (unpaired) electrons. The molecule has 9 nitrogen and oxygen atoms in total. The standard InChI is InChI=1S/C11H20N6O3/c1-7-8(17(18)19)9(14-10(13-7)15-12)20-6-11(2,3)16(4)5/h6,12H2,1-5H3,(H,13,14,15). The van der Waals surface area contributed by atoms with Gasteiger partial charge in [-0.2, -0.15) is 4.98 Å². The number of hydrogen-bond donors (Lipinski definition) is 2. The summed E-state index contributed by atoms with van der Waals surface area (Å²) in [5.74, 6) is 5.22. The van der Waals surface area contributed by atoms with Crippen LogP contribution in [0.2, 0.25) is 0 Å². The molecular weight excluding hydrogens is 264 g/mol. The fourth-order valence-corrected chi connectivity index (χ4v) is 1.29. The van der Waals surface area contributed by atoms with E-state index in [2.05, 4.69) is 15.4 Å². The first-order valence-corrected chi connectivity index (χ1v) is 5.99. The minimum Gasteiger partial charge on any atom is -0.471 e. The van der Waals surface area contributed by atoms with Crippen LogP contribution in [0.5, 0.6) is 5.88 Å². The highest BCUT2D eigenvalue weighted by molar-refractivity contribution is 5.48. The van der Waals surface area contributed by atoms with Crippen molar-refractivity contribution < 1.29 is 9.66 Å². The first-order chi connectivity index (χ1) is 9.19.